The molecule has 100 valence electrons. The molecule has 0 fully saturated rings. The third kappa shape index (κ3) is 2.86. The lowest BCUT2D eigenvalue weighted by Gasteiger charge is -1.98. The minimum absolute atomic E-state index is 0.262. The first-order valence-electron chi connectivity index (χ1n) is 6.38. The number of nitrogens with zero attached hydrogens (tertiary/aromatic N) is 2. The van der Waals surface area contributed by atoms with E-state index in [1.54, 1.807) is 23.5 Å². The number of hydrogen-bond acceptors (Lipinski definition) is 4. The maximum atomic E-state index is 9.29. The third-order valence-corrected chi connectivity index (χ3v) is 4.03. The highest BCUT2D eigenvalue weighted by molar-refractivity contribution is 7.14. The molecular weight excluding hydrogens is 268 g/mol. The molecule has 3 aromatic rings. The quantitative estimate of drug-likeness (QED) is 0.794. The third-order valence-electron chi connectivity index (χ3n) is 3.06. The number of hydrogen-bond donors (Lipinski definition) is 1. The Labute approximate surface area is 121 Å². The Balaban J connectivity index is 1.80. The summed E-state index contributed by atoms with van der Waals surface area (Å²) in [4.78, 5) is 0. The maximum Gasteiger partial charge on any atom is 0.147 e. The Morgan fingerprint density at radius 2 is 1.65 bits per heavy atom. The van der Waals surface area contributed by atoms with E-state index >= 15 is 0 Å². The highest BCUT2D eigenvalue weighted by Gasteiger charge is 2.07. The fourth-order valence-electron chi connectivity index (χ4n) is 1.93. The Hall–Kier alpha value is -2.20. The standard InChI is InChI=1S/C16H14N2OS/c1-11-2-4-12(5-3-11)10-15-17-18-16(20-15)13-6-8-14(19)9-7-13/h2-9,19H,10H2,1H3. The van der Waals surface area contributed by atoms with Crippen molar-refractivity contribution in [2.75, 3.05) is 0 Å². The molecule has 3 nitrogen and oxygen atoms in total. The van der Waals surface area contributed by atoms with Crippen molar-refractivity contribution >= 4 is 11.3 Å². The van der Waals surface area contributed by atoms with Crippen molar-refractivity contribution < 1.29 is 5.11 Å². The number of phenolic OH excluding ortho intramolecular Hbond substituents is 1. The monoisotopic (exact) mass is 282 g/mol. The molecule has 1 heterocycles. The molecule has 0 radical (unpaired) electrons. The van der Waals surface area contributed by atoms with Gasteiger partial charge in [0, 0.05) is 12.0 Å². The molecule has 1 N–H and O–H groups in total. The van der Waals surface area contributed by atoms with E-state index in [4.69, 9.17) is 0 Å². The van der Waals surface area contributed by atoms with E-state index in [1.807, 2.05) is 12.1 Å². The first-order chi connectivity index (χ1) is 9.70. The molecule has 0 spiro atoms. The molecule has 2 aromatic carbocycles. The second-order valence-electron chi connectivity index (χ2n) is 4.71. The van der Waals surface area contributed by atoms with Crippen LogP contribution in [0.2, 0.25) is 0 Å². The number of phenols is 1. The van der Waals surface area contributed by atoms with Gasteiger partial charge in [-0.25, -0.2) is 0 Å². The number of aromatic nitrogens is 2. The van der Waals surface area contributed by atoms with Gasteiger partial charge in [-0.3, -0.25) is 0 Å². The Kier molecular flexibility index (Phi) is 3.48. The Morgan fingerprint density at radius 1 is 0.950 bits per heavy atom. The van der Waals surface area contributed by atoms with Gasteiger partial charge in [0.25, 0.3) is 0 Å². The van der Waals surface area contributed by atoms with Gasteiger partial charge in [-0.1, -0.05) is 41.2 Å². The number of benzene rings is 2. The first-order valence-corrected chi connectivity index (χ1v) is 7.20. The van der Waals surface area contributed by atoms with Crippen LogP contribution in [0.4, 0.5) is 0 Å². The van der Waals surface area contributed by atoms with Crippen LogP contribution in [0.25, 0.3) is 10.6 Å². The SMILES string of the molecule is Cc1ccc(Cc2nnc(-c3ccc(O)cc3)s2)cc1. The van der Waals surface area contributed by atoms with Gasteiger partial charge in [-0.15, -0.1) is 10.2 Å². The van der Waals surface area contributed by atoms with Crippen molar-refractivity contribution in [2.24, 2.45) is 0 Å². The van der Waals surface area contributed by atoms with Crippen LogP contribution in [0.5, 0.6) is 5.75 Å². The van der Waals surface area contributed by atoms with Crippen molar-refractivity contribution in [2.45, 2.75) is 13.3 Å². The van der Waals surface area contributed by atoms with E-state index in [-0.39, 0.29) is 5.75 Å². The minimum atomic E-state index is 0.262. The van der Waals surface area contributed by atoms with Gasteiger partial charge in [-0.05, 0) is 36.8 Å². The zero-order valence-corrected chi connectivity index (χ0v) is 11.9. The average Bonchev–Trinajstić information content (AvgIpc) is 2.91. The van der Waals surface area contributed by atoms with E-state index in [9.17, 15) is 5.11 Å². The first kappa shape index (κ1) is 12.8. The van der Waals surface area contributed by atoms with Gasteiger partial charge in [0.1, 0.15) is 15.8 Å². The smallest absolute Gasteiger partial charge is 0.147 e. The summed E-state index contributed by atoms with van der Waals surface area (Å²) in [5.74, 6) is 0.262. The maximum absolute atomic E-state index is 9.29. The lowest BCUT2D eigenvalue weighted by atomic mass is 10.1. The highest BCUT2D eigenvalue weighted by atomic mass is 32.1. The minimum Gasteiger partial charge on any atom is -0.508 e. The summed E-state index contributed by atoms with van der Waals surface area (Å²) in [6, 6.07) is 15.5. The lowest BCUT2D eigenvalue weighted by Crippen LogP contribution is -1.87. The lowest BCUT2D eigenvalue weighted by molar-refractivity contribution is 0.475. The van der Waals surface area contributed by atoms with Crippen LogP contribution in [-0.4, -0.2) is 15.3 Å². The normalized spacial score (nSPS) is 10.7. The second kappa shape index (κ2) is 5.43. The predicted molar refractivity (Wildman–Crippen MR) is 81.0 cm³/mol. The van der Waals surface area contributed by atoms with Gasteiger partial charge in [0.15, 0.2) is 0 Å². The van der Waals surface area contributed by atoms with E-state index in [1.165, 1.54) is 11.1 Å². The van der Waals surface area contributed by atoms with Crippen LogP contribution < -0.4 is 0 Å². The molecule has 0 saturated carbocycles. The summed E-state index contributed by atoms with van der Waals surface area (Å²) in [6.07, 6.45) is 0.802. The Morgan fingerprint density at radius 3 is 2.35 bits per heavy atom. The van der Waals surface area contributed by atoms with E-state index < -0.39 is 0 Å². The van der Waals surface area contributed by atoms with Crippen molar-refractivity contribution in [3.63, 3.8) is 0 Å². The van der Waals surface area contributed by atoms with Crippen LogP contribution in [0.3, 0.4) is 0 Å². The molecule has 0 aliphatic carbocycles. The zero-order chi connectivity index (χ0) is 13.9. The van der Waals surface area contributed by atoms with E-state index in [0.29, 0.717) is 0 Å². The van der Waals surface area contributed by atoms with Gasteiger partial charge in [-0.2, -0.15) is 0 Å². The number of rotatable bonds is 3. The van der Waals surface area contributed by atoms with Crippen molar-refractivity contribution in [3.8, 4) is 16.3 Å². The van der Waals surface area contributed by atoms with E-state index in [0.717, 1.165) is 22.0 Å². The topological polar surface area (TPSA) is 46.0 Å². The molecule has 20 heavy (non-hydrogen) atoms. The molecular formula is C16H14N2OS. The summed E-state index contributed by atoms with van der Waals surface area (Å²) in [7, 11) is 0. The van der Waals surface area contributed by atoms with Gasteiger partial charge in [0.05, 0.1) is 0 Å². The molecule has 3 rings (SSSR count). The molecule has 0 amide bonds. The van der Waals surface area contributed by atoms with Crippen molar-refractivity contribution in [1.82, 2.24) is 10.2 Å². The van der Waals surface area contributed by atoms with Crippen LogP contribution in [0, 0.1) is 6.92 Å². The molecule has 0 unspecified atom stereocenters. The highest BCUT2D eigenvalue weighted by Crippen LogP contribution is 2.26. The summed E-state index contributed by atoms with van der Waals surface area (Å²) in [5, 5.41) is 19.6. The number of aromatic hydroxyl groups is 1. The van der Waals surface area contributed by atoms with Crippen molar-refractivity contribution in [1.29, 1.82) is 0 Å². The van der Waals surface area contributed by atoms with Gasteiger partial charge < -0.3 is 5.11 Å². The van der Waals surface area contributed by atoms with Crippen LogP contribution in [0.1, 0.15) is 16.1 Å². The molecule has 0 aliphatic rings. The summed E-state index contributed by atoms with van der Waals surface area (Å²) < 4.78 is 0. The zero-order valence-electron chi connectivity index (χ0n) is 11.1. The fourth-order valence-corrected chi connectivity index (χ4v) is 2.81. The largest absolute Gasteiger partial charge is 0.508 e. The predicted octanol–water partition coefficient (Wildman–Crippen LogP) is 3.81. The molecule has 0 bridgehead atoms. The van der Waals surface area contributed by atoms with Crippen LogP contribution >= 0.6 is 11.3 Å². The molecule has 0 atom stereocenters. The van der Waals surface area contributed by atoms with E-state index in [2.05, 4.69) is 41.4 Å². The van der Waals surface area contributed by atoms with Crippen LogP contribution in [-0.2, 0) is 6.42 Å². The number of aryl methyl sites for hydroxylation is 1. The summed E-state index contributed by atoms with van der Waals surface area (Å²) in [5.41, 5.74) is 3.48. The van der Waals surface area contributed by atoms with Gasteiger partial charge in [0.2, 0.25) is 0 Å². The van der Waals surface area contributed by atoms with Crippen LogP contribution in [0.15, 0.2) is 48.5 Å². The second-order valence-corrected chi connectivity index (χ2v) is 5.77. The summed E-state index contributed by atoms with van der Waals surface area (Å²) in [6.45, 7) is 2.08. The molecule has 1 aromatic heterocycles. The fraction of sp³-hybridized carbons (Fsp3) is 0.125. The van der Waals surface area contributed by atoms with Crippen molar-refractivity contribution in [3.05, 3.63) is 64.7 Å². The molecule has 4 heteroatoms. The summed E-state index contributed by atoms with van der Waals surface area (Å²) >= 11 is 1.59. The molecule has 0 saturated heterocycles. The van der Waals surface area contributed by atoms with Gasteiger partial charge >= 0.3 is 0 Å². The molecule has 0 aliphatic heterocycles. The average molecular weight is 282 g/mol. The Bertz CT molecular complexity index is 702.